The van der Waals surface area contributed by atoms with Crippen molar-refractivity contribution in [3.8, 4) is 5.69 Å². The van der Waals surface area contributed by atoms with Crippen molar-refractivity contribution in [3.63, 3.8) is 0 Å². The maximum absolute atomic E-state index is 13.9. The highest BCUT2D eigenvalue weighted by Gasteiger charge is 2.19. The molecule has 2 aromatic heterocycles. The van der Waals surface area contributed by atoms with E-state index in [4.69, 9.17) is 11.5 Å². The van der Waals surface area contributed by atoms with Gasteiger partial charge in [0.1, 0.15) is 0 Å². The molecule has 0 spiro atoms. The third-order valence-electron chi connectivity index (χ3n) is 4.31. The molecule has 0 fully saturated rings. The fraction of sp³-hybridized carbons (Fsp3) is 0.0500. The highest BCUT2D eigenvalue weighted by atomic mass is 32.1. The minimum absolute atomic E-state index is 0.157. The molecule has 1 unspecified atom stereocenters. The van der Waals surface area contributed by atoms with Gasteiger partial charge < -0.3 is 16.8 Å². The molecule has 0 aliphatic heterocycles. The van der Waals surface area contributed by atoms with Gasteiger partial charge in [0.2, 0.25) is 6.17 Å². The number of amides is 2. The van der Waals surface area contributed by atoms with E-state index >= 15 is 0 Å². The van der Waals surface area contributed by atoms with Crippen LogP contribution in [0.25, 0.3) is 15.8 Å². The van der Waals surface area contributed by atoms with Crippen molar-refractivity contribution < 1.29 is 14.0 Å². The van der Waals surface area contributed by atoms with Crippen LogP contribution in [0, 0.1) is 0 Å². The van der Waals surface area contributed by atoms with Crippen LogP contribution in [0.1, 0.15) is 21.4 Å². The summed E-state index contributed by atoms with van der Waals surface area (Å²) < 4.78 is 16.1. The molecule has 0 saturated carbocycles. The average molecular weight is 409 g/mol. The molecular formula is C20H16FN5O2S. The molecule has 146 valence electrons. The van der Waals surface area contributed by atoms with E-state index in [1.165, 1.54) is 23.5 Å². The van der Waals surface area contributed by atoms with E-state index in [1.807, 2.05) is 30.3 Å². The second-order valence-electron chi connectivity index (χ2n) is 6.34. The standard InChI is InChI=1S/C20H16FN5O2S/c21-17(18(23)27)12-7-6-11-8-16(29-15(11)9-12)20(28)24-19-14(22)10-26(25-19)13-4-2-1-3-5-13/h1-10,17H,22H2,(H2,23,27)(H,24,25,28). The number of carbonyl (C=O) groups excluding carboxylic acids is 2. The number of hydrogen-bond acceptors (Lipinski definition) is 5. The summed E-state index contributed by atoms with van der Waals surface area (Å²) >= 11 is 1.17. The molecule has 0 aliphatic rings. The summed E-state index contributed by atoms with van der Waals surface area (Å²) in [5.74, 6) is -1.19. The summed E-state index contributed by atoms with van der Waals surface area (Å²) in [7, 11) is 0. The van der Waals surface area contributed by atoms with Gasteiger partial charge in [-0.05, 0) is 35.2 Å². The van der Waals surface area contributed by atoms with E-state index < -0.39 is 12.1 Å². The van der Waals surface area contributed by atoms with Crippen LogP contribution in [-0.4, -0.2) is 21.6 Å². The zero-order chi connectivity index (χ0) is 20.5. The molecule has 4 aromatic rings. The van der Waals surface area contributed by atoms with Gasteiger partial charge in [-0.3, -0.25) is 9.59 Å². The number of fused-ring (bicyclic) bond motifs is 1. The summed E-state index contributed by atoms with van der Waals surface area (Å²) in [5.41, 5.74) is 12.3. The molecule has 0 aliphatic carbocycles. The van der Waals surface area contributed by atoms with Gasteiger partial charge in [0.15, 0.2) is 5.82 Å². The number of aromatic nitrogens is 2. The van der Waals surface area contributed by atoms with Crippen molar-refractivity contribution in [1.82, 2.24) is 9.78 Å². The van der Waals surface area contributed by atoms with Crippen LogP contribution in [0.15, 0.2) is 60.8 Å². The first kappa shape index (κ1) is 18.6. The average Bonchev–Trinajstić information content (AvgIpc) is 3.31. The number of alkyl halides is 1. The lowest BCUT2D eigenvalue weighted by atomic mass is 10.1. The lowest BCUT2D eigenvalue weighted by Gasteiger charge is -2.03. The molecule has 0 radical (unpaired) electrons. The van der Waals surface area contributed by atoms with Gasteiger partial charge in [-0.1, -0.05) is 30.3 Å². The van der Waals surface area contributed by atoms with Gasteiger partial charge >= 0.3 is 0 Å². The minimum atomic E-state index is -1.89. The Labute approximate surface area is 168 Å². The number of hydrogen-bond donors (Lipinski definition) is 3. The smallest absolute Gasteiger partial charge is 0.267 e. The number of primary amides is 1. The predicted molar refractivity (Wildman–Crippen MR) is 111 cm³/mol. The molecule has 4 rings (SSSR count). The highest BCUT2D eigenvalue weighted by molar-refractivity contribution is 7.20. The first-order chi connectivity index (χ1) is 13.9. The van der Waals surface area contributed by atoms with Gasteiger partial charge in [-0.15, -0.1) is 16.4 Å². The second-order valence-corrected chi connectivity index (χ2v) is 7.42. The molecule has 2 heterocycles. The zero-order valence-corrected chi connectivity index (χ0v) is 15.8. The Balaban J connectivity index is 1.58. The number of thiophene rings is 1. The van der Waals surface area contributed by atoms with E-state index in [1.54, 1.807) is 23.0 Å². The lowest BCUT2D eigenvalue weighted by molar-refractivity contribution is -0.122. The molecule has 2 aromatic carbocycles. The Bertz CT molecular complexity index is 1220. The Morgan fingerprint density at radius 1 is 1.14 bits per heavy atom. The number of nitrogens with one attached hydrogen (secondary N) is 1. The van der Waals surface area contributed by atoms with Crippen molar-refractivity contribution in [3.05, 3.63) is 71.2 Å². The van der Waals surface area contributed by atoms with Gasteiger partial charge in [0, 0.05) is 4.70 Å². The first-order valence-corrected chi connectivity index (χ1v) is 9.43. The largest absolute Gasteiger partial charge is 0.394 e. The number of para-hydroxylation sites is 1. The number of rotatable bonds is 5. The van der Waals surface area contributed by atoms with Crippen molar-refractivity contribution in [1.29, 1.82) is 0 Å². The second kappa shape index (κ2) is 7.36. The summed E-state index contributed by atoms with van der Waals surface area (Å²) in [6, 6.07) is 15.7. The van der Waals surface area contributed by atoms with Crippen LogP contribution in [0.5, 0.6) is 0 Å². The van der Waals surface area contributed by atoms with E-state index in [2.05, 4.69) is 10.4 Å². The molecule has 29 heavy (non-hydrogen) atoms. The maximum atomic E-state index is 13.9. The molecule has 0 bridgehead atoms. The number of anilines is 2. The predicted octanol–water partition coefficient (Wildman–Crippen LogP) is 3.42. The zero-order valence-electron chi connectivity index (χ0n) is 15.0. The molecule has 1 atom stereocenters. The Hall–Kier alpha value is -3.72. The van der Waals surface area contributed by atoms with Crippen molar-refractivity contribution >= 4 is 44.7 Å². The summed E-state index contributed by atoms with van der Waals surface area (Å²) in [5, 5.41) is 7.77. The quantitative estimate of drug-likeness (QED) is 0.468. The molecular weight excluding hydrogens is 393 g/mol. The van der Waals surface area contributed by atoms with Gasteiger partial charge in [0.05, 0.1) is 22.4 Å². The molecule has 7 nitrogen and oxygen atoms in total. The minimum Gasteiger partial charge on any atom is -0.394 e. The fourth-order valence-electron chi connectivity index (χ4n) is 2.85. The van der Waals surface area contributed by atoms with E-state index in [-0.39, 0.29) is 17.3 Å². The van der Waals surface area contributed by atoms with E-state index in [9.17, 15) is 14.0 Å². The van der Waals surface area contributed by atoms with E-state index in [0.717, 1.165) is 11.1 Å². The Morgan fingerprint density at radius 3 is 2.62 bits per heavy atom. The third kappa shape index (κ3) is 3.67. The normalized spacial score (nSPS) is 12.0. The highest BCUT2D eigenvalue weighted by Crippen LogP contribution is 2.30. The van der Waals surface area contributed by atoms with Crippen LogP contribution < -0.4 is 16.8 Å². The van der Waals surface area contributed by atoms with Crippen molar-refractivity contribution in [2.75, 3.05) is 11.1 Å². The van der Waals surface area contributed by atoms with Crippen LogP contribution in [0.2, 0.25) is 0 Å². The van der Waals surface area contributed by atoms with Crippen LogP contribution in [-0.2, 0) is 4.79 Å². The number of nitrogen functional groups attached to an aromatic ring is 1. The SMILES string of the molecule is NC(=O)C(F)c1ccc2cc(C(=O)Nc3nn(-c4ccccc4)cc3N)sc2c1. The molecule has 5 N–H and O–H groups in total. The number of benzene rings is 2. The van der Waals surface area contributed by atoms with Crippen LogP contribution in [0.4, 0.5) is 15.9 Å². The molecule has 9 heteroatoms. The Kier molecular flexibility index (Phi) is 4.73. The molecule has 2 amide bonds. The third-order valence-corrected chi connectivity index (χ3v) is 5.40. The first-order valence-electron chi connectivity index (χ1n) is 8.61. The van der Waals surface area contributed by atoms with Crippen molar-refractivity contribution in [2.45, 2.75) is 6.17 Å². The topological polar surface area (TPSA) is 116 Å². The van der Waals surface area contributed by atoms with Crippen molar-refractivity contribution in [2.24, 2.45) is 5.73 Å². The van der Waals surface area contributed by atoms with E-state index in [0.29, 0.717) is 15.3 Å². The molecule has 0 saturated heterocycles. The lowest BCUT2D eigenvalue weighted by Crippen LogP contribution is -2.17. The maximum Gasteiger partial charge on any atom is 0.267 e. The summed E-state index contributed by atoms with van der Waals surface area (Å²) in [6.45, 7) is 0. The van der Waals surface area contributed by atoms with Gasteiger partial charge in [-0.25, -0.2) is 9.07 Å². The summed E-state index contributed by atoms with van der Waals surface area (Å²) in [6.07, 6.45) is -0.270. The summed E-state index contributed by atoms with van der Waals surface area (Å²) in [4.78, 5) is 24.1. The fourth-order valence-corrected chi connectivity index (χ4v) is 3.85. The number of nitrogens with two attached hydrogens (primary N) is 2. The number of halogens is 1. The van der Waals surface area contributed by atoms with Crippen LogP contribution in [0.3, 0.4) is 0 Å². The van der Waals surface area contributed by atoms with Crippen LogP contribution >= 0.6 is 11.3 Å². The van der Waals surface area contributed by atoms with Gasteiger partial charge in [0.25, 0.3) is 11.8 Å². The number of carbonyl (C=O) groups is 2. The number of nitrogens with zero attached hydrogens (tertiary/aromatic N) is 2. The monoisotopic (exact) mass is 409 g/mol. The van der Waals surface area contributed by atoms with Gasteiger partial charge in [-0.2, -0.15) is 0 Å². The Morgan fingerprint density at radius 2 is 1.90 bits per heavy atom.